The van der Waals surface area contributed by atoms with Crippen molar-refractivity contribution in [1.82, 2.24) is 0 Å². The summed E-state index contributed by atoms with van der Waals surface area (Å²) in [7, 11) is 0. The first kappa shape index (κ1) is 13.3. The minimum atomic E-state index is 0.156. The van der Waals surface area contributed by atoms with Gasteiger partial charge in [0, 0.05) is 34.8 Å². The summed E-state index contributed by atoms with van der Waals surface area (Å²) < 4.78 is 0. The minimum Gasteiger partial charge on any atom is -0.384 e. The number of amidine groups is 1. The van der Waals surface area contributed by atoms with E-state index in [-0.39, 0.29) is 5.84 Å². The molecule has 1 saturated heterocycles. The average molecular weight is 263 g/mol. The molecule has 0 spiro atoms. The lowest BCUT2D eigenvalue weighted by Crippen LogP contribution is -2.41. The van der Waals surface area contributed by atoms with Crippen molar-refractivity contribution in [2.24, 2.45) is 5.73 Å². The number of nitrogens with zero attached hydrogens (tertiary/aromatic N) is 1. The number of nitrogen functional groups attached to an aromatic ring is 1. The van der Waals surface area contributed by atoms with E-state index < -0.39 is 0 Å². The third-order valence-corrected chi connectivity index (χ3v) is 4.43. The Balaban J connectivity index is 2.36. The molecular formula is C14H21N3S. The molecule has 18 heavy (non-hydrogen) atoms. The third-order valence-electron chi connectivity index (χ3n) is 3.20. The average Bonchev–Trinajstić information content (AvgIpc) is 2.27. The highest BCUT2D eigenvalue weighted by Gasteiger charge is 2.24. The molecule has 0 aliphatic carbocycles. The van der Waals surface area contributed by atoms with E-state index in [1.165, 1.54) is 5.56 Å². The molecule has 1 aromatic carbocycles. The molecule has 0 radical (unpaired) electrons. The lowest BCUT2D eigenvalue weighted by molar-refractivity contribution is 0.727. The van der Waals surface area contributed by atoms with Crippen LogP contribution in [-0.4, -0.2) is 29.4 Å². The number of nitrogens with two attached hydrogens (primary N) is 1. The minimum absolute atomic E-state index is 0.156. The Labute approximate surface area is 113 Å². The van der Waals surface area contributed by atoms with Crippen molar-refractivity contribution in [2.45, 2.75) is 31.3 Å². The first-order valence-electron chi connectivity index (χ1n) is 6.33. The van der Waals surface area contributed by atoms with Crippen LogP contribution in [0.15, 0.2) is 18.2 Å². The molecule has 2 rings (SSSR count). The largest absolute Gasteiger partial charge is 0.384 e. The zero-order valence-corrected chi connectivity index (χ0v) is 12.1. The van der Waals surface area contributed by atoms with E-state index in [9.17, 15) is 0 Å². The molecule has 98 valence electrons. The first-order chi connectivity index (χ1) is 8.47. The summed E-state index contributed by atoms with van der Waals surface area (Å²) in [4.78, 5) is 2.37. The molecule has 1 heterocycles. The summed E-state index contributed by atoms with van der Waals surface area (Å²) in [6, 6.07) is 6.13. The topological polar surface area (TPSA) is 53.1 Å². The number of anilines is 1. The van der Waals surface area contributed by atoms with Crippen molar-refractivity contribution in [3.05, 3.63) is 29.3 Å². The van der Waals surface area contributed by atoms with E-state index in [0.29, 0.717) is 10.5 Å². The quantitative estimate of drug-likeness (QED) is 0.637. The van der Waals surface area contributed by atoms with E-state index in [0.717, 1.165) is 24.3 Å². The fourth-order valence-corrected chi connectivity index (χ4v) is 3.83. The molecule has 2 unspecified atom stereocenters. The Morgan fingerprint density at radius 2 is 1.94 bits per heavy atom. The van der Waals surface area contributed by atoms with E-state index in [2.05, 4.69) is 31.7 Å². The Hall–Kier alpha value is -1.16. The molecule has 0 saturated carbocycles. The van der Waals surface area contributed by atoms with Crippen molar-refractivity contribution >= 4 is 23.3 Å². The van der Waals surface area contributed by atoms with E-state index >= 15 is 0 Å². The highest BCUT2D eigenvalue weighted by atomic mass is 32.2. The van der Waals surface area contributed by atoms with Crippen molar-refractivity contribution in [3.63, 3.8) is 0 Å². The summed E-state index contributed by atoms with van der Waals surface area (Å²) >= 11 is 2.03. The van der Waals surface area contributed by atoms with E-state index in [1.807, 2.05) is 23.9 Å². The van der Waals surface area contributed by atoms with Crippen molar-refractivity contribution in [1.29, 1.82) is 5.41 Å². The molecule has 1 aliphatic rings. The van der Waals surface area contributed by atoms with Crippen LogP contribution in [0.4, 0.5) is 5.69 Å². The van der Waals surface area contributed by atoms with Crippen LogP contribution in [0.25, 0.3) is 0 Å². The van der Waals surface area contributed by atoms with Gasteiger partial charge >= 0.3 is 0 Å². The zero-order chi connectivity index (χ0) is 13.3. The van der Waals surface area contributed by atoms with Gasteiger partial charge in [-0.25, -0.2) is 0 Å². The Kier molecular flexibility index (Phi) is 3.85. The summed E-state index contributed by atoms with van der Waals surface area (Å²) in [6.45, 7) is 8.66. The van der Waals surface area contributed by atoms with Crippen molar-refractivity contribution < 1.29 is 0 Å². The van der Waals surface area contributed by atoms with Gasteiger partial charge in [0.1, 0.15) is 5.84 Å². The molecule has 1 aromatic rings. The summed E-state index contributed by atoms with van der Waals surface area (Å²) in [5.41, 5.74) is 8.87. The summed E-state index contributed by atoms with van der Waals surface area (Å²) in [5, 5.41) is 8.95. The van der Waals surface area contributed by atoms with E-state index in [4.69, 9.17) is 11.1 Å². The molecule has 0 amide bonds. The highest BCUT2D eigenvalue weighted by molar-refractivity contribution is 8.00. The lowest BCUT2D eigenvalue weighted by Gasteiger charge is -2.37. The van der Waals surface area contributed by atoms with Crippen LogP contribution in [0.1, 0.15) is 25.0 Å². The third kappa shape index (κ3) is 2.80. The molecule has 1 fully saturated rings. The van der Waals surface area contributed by atoms with Gasteiger partial charge in [-0.2, -0.15) is 11.8 Å². The second kappa shape index (κ2) is 5.22. The van der Waals surface area contributed by atoms with Crippen LogP contribution >= 0.6 is 11.8 Å². The maximum Gasteiger partial charge on any atom is 0.124 e. The standard InChI is InChI=1S/C14H21N3S/c1-9-4-5-12(14(15)16)13(6-9)17-7-10(2)18-11(3)8-17/h4-6,10-11H,7-8H2,1-3H3,(H3,15,16). The van der Waals surface area contributed by atoms with Crippen LogP contribution < -0.4 is 10.6 Å². The first-order valence-corrected chi connectivity index (χ1v) is 7.27. The molecule has 4 heteroatoms. The van der Waals surface area contributed by atoms with Gasteiger partial charge in [-0.15, -0.1) is 0 Å². The maximum absolute atomic E-state index is 7.71. The smallest absolute Gasteiger partial charge is 0.124 e. The fourth-order valence-electron chi connectivity index (χ4n) is 2.51. The second-order valence-electron chi connectivity index (χ2n) is 5.10. The predicted octanol–water partition coefficient (Wildman–Crippen LogP) is 2.61. The van der Waals surface area contributed by atoms with Gasteiger partial charge in [0.2, 0.25) is 0 Å². The molecule has 0 aromatic heterocycles. The van der Waals surface area contributed by atoms with Gasteiger partial charge in [0.05, 0.1) is 0 Å². The maximum atomic E-state index is 7.71. The number of hydrogen-bond acceptors (Lipinski definition) is 3. The Morgan fingerprint density at radius 3 is 2.50 bits per heavy atom. The SMILES string of the molecule is Cc1ccc(C(=N)N)c(N2CC(C)SC(C)C2)c1. The number of aryl methyl sites for hydroxylation is 1. The van der Waals surface area contributed by atoms with Crippen LogP contribution in [0.5, 0.6) is 0 Å². The van der Waals surface area contributed by atoms with Crippen molar-refractivity contribution in [3.8, 4) is 0 Å². The van der Waals surface area contributed by atoms with Crippen molar-refractivity contribution in [2.75, 3.05) is 18.0 Å². The van der Waals surface area contributed by atoms with Gasteiger partial charge in [0.25, 0.3) is 0 Å². The van der Waals surface area contributed by atoms with Gasteiger partial charge in [0.15, 0.2) is 0 Å². The van der Waals surface area contributed by atoms with Gasteiger partial charge in [-0.3, -0.25) is 5.41 Å². The summed E-state index contributed by atoms with van der Waals surface area (Å²) in [5.74, 6) is 0.156. The number of benzene rings is 1. The number of thioether (sulfide) groups is 1. The fraction of sp³-hybridized carbons (Fsp3) is 0.500. The van der Waals surface area contributed by atoms with Gasteiger partial charge in [-0.1, -0.05) is 19.9 Å². The molecule has 3 N–H and O–H groups in total. The molecule has 3 nitrogen and oxygen atoms in total. The van der Waals surface area contributed by atoms with Crippen LogP contribution in [-0.2, 0) is 0 Å². The molecule has 2 atom stereocenters. The number of hydrogen-bond donors (Lipinski definition) is 2. The monoisotopic (exact) mass is 263 g/mol. The normalized spacial score (nSPS) is 24.1. The Bertz CT molecular complexity index is 448. The molecule has 1 aliphatic heterocycles. The second-order valence-corrected chi connectivity index (χ2v) is 6.98. The highest BCUT2D eigenvalue weighted by Crippen LogP contribution is 2.31. The number of rotatable bonds is 2. The molecular weight excluding hydrogens is 242 g/mol. The van der Waals surface area contributed by atoms with E-state index in [1.54, 1.807) is 0 Å². The summed E-state index contributed by atoms with van der Waals surface area (Å²) in [6.07, 6.45) is 0. The Morgan fingerprint density at radius 1 is 1.33 bits per heavy atom. The zero-order valence-electron chi connectivity index (χ0n) is 11.2. The lowest BCUT2D eigenvalue weighted by atomic mass is 10.1. The number of nitrogens with one attached hydrogen (secondary N) is 1. The van der Waals surface area contributed by atoms with Gasteiger partial charge in [-0.05, 0) is 24.6 Å². The van der Waals surface area contributed by atoms with Crippen LogP contribution in [0, 0.1) is 12.3 Å². The van der Waals surface area contributed by atoms with Gasteiger partial charge < -0.3 is 10.6 Å². The van der Waals surface area contributed by atoms with Crippen LogP contribution in [0.3, 0.4) is 0 Å². The molecule has 0 bridgehead atoms. The van der Waals surface area contributed by atoms with Crippen LogP contribution in [0.2, 0.25) is 0 Å². The predicted molar refractivity (Wildman–Crippen MR) is 80.9 cm³/mol.